The van der Waals surface area contributed by atoms with E-state index in [0.717, 1.165) is 29.4 Å². The van der Waals surface area contributed by atoms with Crippen molar-refractivity contribution in [1.29, 1.82) is 0 Å². The third-order valence-corrected chi connectivity index (χ3v) is 14.0. The Morgan fingerprint density at radius 3 is 0.717 bits per heavy atom. The van der Waals surface area contributed by atoms with Gasteiger partial charge in [-0.2, -0.15) is 0 Å². The van der Waals surface area contributed by atoms with E-state index in [4.69, 9.17) is 8.37 Å². The summed E-state index contributed by atoms with van der Waals surface area (Å²) in [6, 6.07) is 58.5. The van der Waals surface area contributed by atoms with Gasteiger partial charge in [-0.05, 0) is 100 Å². The fourth-order valence-electron chi connectivity index (χ4n) is 5.26. The monoisotopic (exact) mass is 642 g/mol. The van der Waals surface area contributed by atoms with E-state index in [1.54, 1.807) is 6.92 Å². The minimum absolute atomic E-state index is 0.654. The molecule has 0 saturated heterocycles. The second kappa shape index (κ2) is 13.9. The maximum atomic E-state index is 14.3. The highest BCUT2D eigenvalue weighted by molar-refractivity contribution is 8.30. The van der Waals surface area contributed by atoms with Crippen LogP contribution in [-0.2, 0) is 18.0 Å². The van der Waals surface area contributed by atoms with E-state index in [1.165, 1.54) is 0 Å². The van der Waals surface area contributed by atoms with Gasteiger partial charge in [0.15, 0.2) is 5.92 Å². The Morgan fingerprint density at radius 1 is 0.370 bits per heavy atom. The third-order valence-electron chi connectivity index (χ3n) is 7.57. The molecule has 0 saturated carbocycles. The molecule has 6 aromatic carbocycles. The van der Waals surface area contributed by atoms with Crippen molar-refractivity contribution >= 4 is 32.6 Å². The fraction of sp³-hybridized carbons (Fsp3) is 0.0500. The molecule has 0 N–H and O–H groups in total. The molecule has 0 spiro atoms. The van der Waals surface area contributed by atoms with Gasteiger partial charge in [0.1, 0.15) is 0 Å². The van der Waals surface area contributed by atoms with Crippen molar-refractivity contribution in [2.45, 2.75) is 36.3 Å². The van der Waals surface area contributed by atoms with Crippen LogP contribution in [0.25, 0.3) is 0 Å². The molecule has 0 radical (unpaired) electrons. The molecule has 0 aromatic heterocycles. The Bertz CT molecular complexity index is 1540. The van der Waals surface area contributed by atoms with Gasteiger partial charge in [0.2, 0.25) is 0 Å². The predicted molar refractivity (Wildman–Crippen MR) is 185 cm³/mol. The molecular formula is C40H34O4S2. The van der Waals surface area contributed by atoms with Crippen LogP contribution in [0.3, 0.4) is 0 Å². The fourth-order valence-corrected chi connectivity index (χ4v) is 11.5. The Labute approximate surface area is 273 Å². The van der Waals surface area contributed by atoms with E-state index < -0.39 is 38.5 Å². The highest BCUT2D eigenvalue weighted by Gasteiger charge is 2.42. The van der Waals surface area contributed by atoms with E-state index in [0.29, 0.717) is 0 Å². The van der Waals surface area contributed by atoms with Crippen molar-refractivity contribution in [2.75, 3.05) is 0 Å². The van der Waals surface area contributed by atoms with Crippen LogP contribution < -0.4 is 0 Å². The van der Waals surface area contributed by atoms with Gasteiger partial charge in [-0.1, -0.05) is 109 Å². The van der Waals surface area contributed by atoms with Gasteiger partial charge in [0, 0.05) is 29.4 Å². The third kappa shape index (κ3) is 5.97. The van der Waals surface area contributed by atoms with Crippen LogP contribution in [0.4, 0.5) is 0 Å². The zero-order valence-electron chi connectivity index (χ0n) is 25.3. The largest absolute Gasteiger partial charge is 0.401 e. The maximum Gasteiger partial charge on any atom is 0.331 e. The van der Waals surface area contributed by atoms with Crippen molar-refractivity contribution in [2.24, 2.45) is 5.92 Å². The Balaban J connectivity index is 1.43. The van der Waals surface area contributed by atoms with Gasteiger partial charge >= 0.3 is 11.9 Å². The quantitative estimate of drug-likeness (QED) is 0.140. The van der Waals surface area contributed by atoms with Crippen molar-refractivity contribution in [3.8, 4) is 0 Å². The number of carbonyl (C=O) groups is 2. The summed E-state index contributed by atoms with van der Waals surface area (Å²) in [5, 5.41) is 0. The van der Waals surface area contributed by atoms with E-state index >= 15 is 0 Å². The second-order valence-corrected chi connectivity index (χ2v) is 15.9. The maximum absolute atomic E-state index is 14.3. The topological polar surface area (TPSA) is 52.6 Å². The number of rotatable bonds is 10. The molecule has 0 aliphatic carbocycles. The summed E-state index contributed by atoms with van der Waals surface area (Å²) in [6.07, 6.45) is 0. The first-order chi connectivity index (χ1) is 22.6. The zero-order chi connectivity index (χ0) is 31.8. The molecule has 6 heteroatoms. The molecule has 0 amide bonds. The number of hydrogen-bond acceptors (Lipinski definition) is 4. The van der Waals surface area contributed by atoms with E-state index in [1.807, 2.05) is 182 Å². The summed E-state index contributed by atoms with van der Waals surface area (Å²) >= 11 is 0. The second-order valence-electron chi connectivity index (χ2n) is 10.5. The van der Waals surface area contributed by atoms with Gasteiger partial charge in [0.25, 0.3) is 0 Å². The first kappa shape index (κ1) is 31.0. The molecule has 0 fully saturated rings. The highest BCUT2D eigenvalue weighted by atomic mass is 32.3. The van der Waals surface area contributed by atoms with Gasteiger partial charge in [-0.15, -0.1) is 0 Å². The average Bonchev–Trinajstić information content (AvgIpc) is 3.14. The summed E-state index contributed by atoms with van der Waals surface area (Å²) in [7, 11) is -5.12. The molecule has 0 heterocycles. The molecule has 0 unspecified atom stereocenters. The lowest BCUT2D eigenvalue weighted by atomic mass is 10.2. The van der Waals surface area contributed by atoms with E-state index in [-0.39, 0.29) is 0 Å². The molecule has 6 rings (SSSR count). The van der Waals surface area contributed by atoms with Crippen molar-refractivity contribution in [3.05, 3.63) is 182 Å². The van der Waals surface area contributed by atoms with Crippen LogP contribution in [0.15, 0.2) is 211 Å². The van der Waals surface area contributed by atoms with Gasteiger partial charge in [-0.25, -0.2) is 0 Å². The number of carbonyl (C=O) groups excluding carboxylic acids is 2. The summed E-state index contributed by atoms with van der Waals surface area (Å²) < 4.78 is 13.3. The lowest BCUT2D eigenvalue weighted by Gasteiger charge is -2.41. The summed E-state index contributed by atoms with van der Waals surface area (Å²) in [5.74, 6) is -2.52. The average molecular weight is 643 g/mol. The van der Waals surface area contributed by atoms with Crippen LogP contribution in [0, 0.1) is 5.92 Å². The van der Waals surface area contributed by atoms with Gasteiger partial charge in [-0.3, -0.25) is 9.59 Å². The molecule has 0 atom stereocenters. The van der Waals surface area contributed by atoms with Gasteiger partial charge < -0.3 is 8.37 Å². The van der Waals surface area contributed by atoms with E-state index in [2.05, 4.69) is 0 Å². The highest BCUT2D eigenvalue weighted by Crippen LogP contribution is 2.71. The first-order valence-electron chi connectivity index (χ1n) is 15.0. The molecule has 0 aliphatic heterocycles. The summed E-state index contributed by atoms with van der Waals surface area (Å²) in [4.78, 5) is 33.7. The Morgan fingerprint density at radius 2 is 0.543 bits per heavy atom. The van der Waals surface area contributed by atoms with Crippen molar-refractivity contribution in [1.82, 2.24) is 0 Å². The Hall–Kier alpha value is -5.04. The minimum Gasteiger partial charge on any atom is -0.401 e. The first-order valence-corrected chi connectivity index (χ1v) is 18.1. The minimum atomic E-state index is -2.56. The molecule has 46 heavy (non-hydrogen) atoms. The van der Waals surface area contributed by atoms with Crippen LogP contribution >= 0.6 is 20.6 Å². The zero-order valence-corrected chi connectivity index (χ0v) is 27.0. The van der Waals surface area contributed by atoms with Crippen LogP contribution in [-0.4, -0.2) is 11.9 Å². The molecular weight excluding hydrogens is 609 g/mol. The summed E-state index contributed by atoms with van der Waals surface area (Å²) in [6.45, 7) is 1.57. The van der Waals surface area contributed by atoms with Crippen LogP contribution in [0.5, 0.6) is 0 Å². The molecule has 230 valence electrons. The SMILES string of the molecule is CC(C(=O)OS(c1ccccc1)(c1ccccc1)c1ccccc1)C(=O)OS(c1ccccc1)(c1ccccc1)c1ccccc1. The Kier molecular flexibility index (Phi) is 9.38. The van der Waals surface area contributed by atoms with Crippen molar-refractivity contribution < 1.29 is 18.0 Å². The predicted octanol–water partition coefficient (Wildman–Crippen LogP) is 10.5. The lowest BCUT2D eigenvalue weighted by molar-refractivity contribution is -0.149. The van der Waals surface area contributed by atoms with Crippen LogP contribution in [0.2, 0.25) is 0 Å². The molecule has 6 aromatic rings. The smallest absolute Gasteiger partial charge is 0.331 e. The number of benzene rings is 6. The summed E-state index contributed by atoms with van der Waals surface area (Å²) in [5.41, 5.74) is 0. The van der Waals surface area contributed by atoms with Gasteiger partial charge in [0.05, 0.1) is 0 Å². The van der Waals surface area contributed by atoms with E-state index in [9.17, 15) is 9.59 Å². The standard InChI is InChI=1S/C40H34O4S2/c1-32(39(41)43-45(33-20-8-2-9-21-33,34-22-10-3-11-23-34)35-24-12-4-13-25-35)40(42)44-46(36-26-14-5-15-27-36,37-28-16-6-17-29-37)38-30-18-7-19-31-38/h2-32H,1H3. The molecule has 4 nitrogen and oxygen atoms in total. The van der Waals surface area contributed by atoms with Crippen LogP contribution in [0.1, 0.15) is 6.92 Å². The normalized spacial score (nSPS) is 12.2. The molecule has 0 aliphatic rings. The molecule has 0 bridgehead atoms. The lowest BCUT2D eigenvalue weighted by Crippen LogP contribution is -2.28. The van der Waals surface area contributed by atoms with Crippen molar-refractivity contribution in [3.63, 3.8) is 0 Å². The number of hydrogen-bond donors (Lipinski definition) is 0.